The number of amides is 1. The molecule has 3 nitrogen and oxygen atoms in total. The van der Waals surface area contributed by atoms with Crippen molar-refractivity contribution in [2.45, 2.75) is 32.2 Å². The van der Waals surface area contributed by atoms with Crippen molar-refractivity contribution >= 4 is 5.91 Å². The maximum atomic E-state index is 13.2. The molecular weight excluding hydrogens is 231 g/mol. The Morgan fingerprint density at radius 3 is 2.83 bits per heavy atom. The highest BCUT2D eigenvalue weighted by Crippen LogP contribution is 2.20. The molecular formula is C14H19FN2O. The first kappa shape index (κ1) is 13.0. The number of benzene rings is 1. The van der Waals surface area contributed by atoms with Crippen LogP contribution in [0.3, 0.4) is 0 Å². The molecule has 3 N–H and O–H groups in total. The van der Waals surface area contributed by atoms with Gasteiger partial charge < -0.3 is 11.1 Å². The Labute approximate surface area is 107 Å². The van der Waals surface area contributed by atoms with E-state index in [1.807, 2.05) is 0 Å². The zero-order valence-corrected chi connectivity index (χ0v) is 10.6. The standard InChI is InChI=1S/C14H19FN2O/c1-9-6-10(2-5-13(9)15)7-11(8-16)14(18)17-12-3-4-12/h2,5-6,11-12H,3-4,7-8,16H2,1H3,(H,17,18). The van der Waals surface area contributed by atoms with Gasteiger partial charge in [-0.1, -0.05) is 12.1 Å². The average Bonchev–Trinajstić information content (AvgIpc) is 3.14. The van der Waals surface area contributed by atoms with E-state index in [9.17, 15) is 9.18 Å². The molecule has 0 aliphatic heterocycles. The van der Waals surface area contributed by atoms with Gasteiger partial charge >= 0.3 is 0 Å². The van der Waals surface area contributed by atoms with Gasteiger partial charge in [-0.25, -0.2) is 4.39 Å². The average molecular weight is 250 g/mol. The van der Waals surface area contributed by atoms with Gasteiger partial charge in [0.15, 0.2) is 0 Å². The normalized spacial score (nSPS) is 16.4. The Kier molecular flexibility index (Phi) is 3.97. The molecule has 0 heterocycles. The number of nitrogens with two attached hydrogens (primary N) is 1. The van der Waals surface area contributed by atoms with E-state index in [1.54, 1.807) is 19.1 Å². The van der Waals surface area contributed by atoms with Gasteiger partial charge in [-0.2, -0.15) is 0 Å². The molecule has 2 rings (SSSR count). The lowest BCUT2D eigenvalue weighted by atomic mass is 9.97. The van der Waals surface area contributed by atoms with Crippen molar-refractivity contribution in [1.29, 1.82) is 0 Å². The number of hydrogen-bond donors (Lipinski definition) is 2. The Hall–Kier alpha value is -1.42. The molecule has 1 aliphatic carbocycles. The summed E-state index contributed by atoms with van der Waals surface area (Å²) in [5, 5.41) is 2.96. The van der Waals surface area contributed by atoms with Crippen molar-refractivity contribution in [3.63, 3.8) is 0 Å². The van der Waals surface area contributed by atoms with Crippen molar-refractivity contribution in [2.75, 3.05) is 6.54 Å². The smallest absolute Gasteiger partial charge is 0.224 e. The molecule has 0 bridgehead atoms. The van der Waals surface area contributed by atoms with Crippen LogP contribution in [0.1, 0.15) is 24.0 Å². The van der Waals surface area contributed by atoms with E-state index in [4.69, 9.17) is 5.73 Å². The minimum Gasteiger partial charge on any atom is -0.353 e. The Morgan fingerprint density at radius 1 is 1.56 bits per heavy atom. The zero-order chi connectivity index (χ0) is 13.1. The second kappa shape index (κ2) is 5.48. The second-order valence-corrected chi connectivity index (χ2v) is 5.00. The molecule has 98 valence electrons. The number of aryl methyl sites for hydroxylation is 1. The summed E-state index contributed by atoms with van der Waals surface area (Å²) in [6, 6.07) is 5.29. The maximum Gasteiger partial charge on any atom is 0.224 e. The lowest BCUT2D eigenvalue weighted by molar-refractivity contribution is -0.124. The molecule has 0 radical (unpaired) electrons. The highest BCUT2D eigenvalue weighted by atomic mass is 19.1. The third-order valence-corrected chi connectivity index (χ3v) is 3.28. The van der Waals surface area contributed by atoms with Crippen LogP contribution < -0.4 is 11.1 Å². The Morgan fingerprint density at radius 2 is 2.28 bits per heavy atom. The van der Waals surface area contributed by atoms with Gasteiger partial charge in [-0.15, -0.1) is 0 Å². The molecule has 1 saturated carbocycles. The molecule has 1 fully saturated rings. The lowest BCUT2D eigenvalue weighted by Gasteiger charge is -2.15. The molecule has 1 atom stereocenters. The van der Waals surface area contributed by atoms with Gasteiger partial charge in [0.25, 0.3) is 0 Å². The number of carbonyl (C=O) groups excluding carboxylic acids is 1. The molecule has 1 aromatic carbocycles. The van der Waals surface area contributed by atoms with E-state index >= 15 is 0 Å². The van der Waals surface area contributed by atoms with E-state index in [0.29, 0.717) is 24.6 Å². The molecule has 0 saturated heterocycles. The first-order chi connectivity index (χ1) is 8.60. The van der Waals surface area contributed by atoms with Gasteiger partial charge in [0, 0.05) is 12.6 Å². The predicted octanol–water partition coefficient (Wildman–Crippen LogP) is 1.53. The summed E-state index contributed by atoms with van der Waals surface area (Å²) in [4.78, 5) is 11.9. The van der Waals surface area contributed by atoms with Crippen LogP contribution >= 0.6 is 0 Å². The fourth-order valence-electron chi connectivity index (χ4n) is 1.95. The summed E-state index contributed by atoms with van der Waals surface area (Å²) in [7, 11) is 0. The monoisotopic (exact) mass is 250 g/mol. The number of halogens is 1. The summed E-state index contributed by atoms with van der Waals surface area (Å²) >= 11 is 0. The molecule has 1 amide bonds. The third-order valence-electron chi connectivity index (χ3n) is 3.28. The summed E-state index contributed by atoms with van der Waals surface area (Å²) < 4.78 is 13.2. The van der Waals surface area contributed by atoms with Crippen LogP contribution in [0.2, 0.25) is 0 Å². The molecule has 18 heavy (non-hydrogen) atoms. The van der Waals surface area contributed by atoms with E-state index in [2.05, 4.69) is 5.32 Å². The molecule has 0 spiro atoms. The van der Waals surface area contributed by atoms with Crippen molar-refractivity contribution in [1.82, 2.24) is 5.32 Å². The fourth-order valence-corrected chi connectivity index (χ4v) is 1.95. The molecule has 4 heteroatoms. The SMILES string of the molecule is Cc1cc(CC(CN)C(=O)NC2CC2)ccc1F. The van der Waals surface area contributed by atoms with E-state index in [1.165, 1.54) is 6.07 Å². The quantitative estimate of drug-likeness (QED) is 0.832. The lowest BCUT2D eigenvalue weighted by Crippen LogP contribution is -2.37. The van der Waals surface area contributed by atoms with Crippen molar-refractivity contribution < 1.29 is 9.18 Å². The third kappa shape index (κ3) is 3.29. The van der Waals surface area contributed by atoms with Crippen molar-refractivity contribution in [3.8, 4) is 0 Å². The summed E-state index contributed by atoms with van der Waals surface area (Å²) in [6.45, 7) is 2.04. The van der Waals surface area contributed by atoms with Crippen LogP contribution in [-0.2, 0) is 11.2 Å². The van der Waals surface area contributed by atoms with Crippen LogP contribution in [-0.4, -0.2) is 18.5 Å². The van der Waals surface area contributed by atoms with Crippen molar-refractivity contribution in [2.24, 2.45) is 11.7 Å². The van der Waals surface area contributed by atoms with Gasteiger partial charge in [-0.3, -0.25) is 4.79 Å². The molecule has 0 aromatic heterocycles. The van der Waals surface area contributed by atoms with Crippen LogP contribution in [0.25, 0.3) is 0 Å². The highest BCUT2D eigenvalue weighted by molar-refractivity contribution is 5.79. The largest absolute Gasteiger partial charge is 0.353 e. The van der Waals surface area contributed by atoms with Crippen molar-refractivity contribution in [3.05, 3.63) is 35.1 Å². The number of carbonyl (C=O) groups is 1. The van der Waals surface area contributed by atoms with Crippen LogP contribution in [0.4, 0.5) is 4.39 Å². The molecule has 1 aliphatic rings. The Balaban J connectivity index is 1.99. The number of hydrogen-bond acceptors (Lipinski definition) is 2. The summed E-state index contributed by atoms with van der Waals surface area (Å²) in [5.41, 5.74) is 7.21. The summed E-state index contributed by atoms with van der Waals surface area (Å²) in [5.74, 6) is -0.428. The van der Waals surface area contributed by atoms with E-state index < -0.39 is 0 Å². The molecule has 1 aromatic rings. The second-order valence-electron chi connectivity index (χ2n) is 5.00. The van der Waals surface area contributed by atoms with E-state index in [0.717, 1.165) is 18.4 Å². The minimum atomic E-state index is -0.226. The maximum absolute atomic E-state index is 13.2. The van der Waals surface area contributed by atoms with E-state index in [-0.39, 0.29) is 17.6 Å². The van der Waals surface area contributed by atoms with Crippen LogP contribution in [0.15, 0.2) is 18.2 Å². The fraction of sp³-hybridized carbons (Fsp3) is 0.500. The first-order valence-corrected chi connectivity index (χ1v) is 6.35. The molecule has 1 unspecified atom stereocenters. The highest BCUT2D eigenvalue weighted by Gasteiger charge is 2.26. The van der Waals surface area contributed by atoms with Gasteiger partial charge in [0.2, 0.25) is 5.91 Å². The number of rotatable bonds is 5. The van der Waals surface area contributed by atoms with Gasteiger partial charge in [0.05, 0.1) is 5.92 Å². The van der Waals surface area contributed by atoms with Gasteiger partial charge in [0.1, 0.15) is 5.82 Å². The predicted molar refractivity (Wildman–Crippen MR) is 68.6 cm³/mol. The first-order valence-electron chi connectivity index (χ1n) is 6.35. The Bertz CT molecular complexity index is 443. The minimum absolute atomic E-state index is 0.0157. The number of nitrogens with one attached hydrogen (secondary N) is 1. The zero-order valence-electron chi connectivity index (χ0n) is 10.6. The van der Waals surface area contributed by atoms with Crippen LogP contribution in [0.5, 0.6) is 0 Å². The topological polar surface area (TPSA) is 55.1 Å². The van der Waals surface area contributed by atoms with Crippen LogP contribution in [0, 0.1) is 18.7 Å². The van der Waals surface area contributed by atoms with Gasteiger partial charge in [-0.05, 0) is 43.4 Å². The summed E-state index contributed by atoms with van der Waals surface area (Å²) in [6.07, 6.45) is 2.70.